The number of nitrogens with zero attached hydrogens (tertiary/aromatic N) is 3. The van der Waals surface area contributed by atoms with Crippen LogP contribution in [0.4, 0.5) is 0 Å². The molecule has 0 saturated heterocycles. The zero-order valence-electron chi connectivity index (χ0n) is 18.6. The van der Waals surface area contributed by atoms with Gasteiger partial charge >= 0.3 is 0 Å². The summed E-state index contributed by atoms with van der Waals surface area (Å²) in [6.45, 7) is 4.28. The molecule has 2 aromatic carbocycles. The minimum Gasteiger partial charge on any atom is -0.493 e. The van der Waals surface area contributed by atoms with Gasteiger partial charge in [-0.25, -0.2) is 0 Å². The minimum absolute atomic E-state index is 0.119. The first-order valence-electron chi connectivity index (χ1n) is 10.3. The van der Waals surface area contributed by atoms with Gasteiger partial charge in [-0.3, -0.25) is 9.59 Å². The lowest BCUT2D eigenvalue weighted by Crippen LogP contribution is -2.44. The van der Waals surface area contributed by atoms with Gasteiger partial charge in [0, 0.05) is 24.0 Å². The van der Waals surface area contributed by atoms with Crippen molar-refractivity contribution in [2.45, 2.75) is 12.5 Å². The molecule has 0 bridgehead atoms. The lowest BCUT2D eigenvalue weighted by molar-refractivity contribution is -0.125. The molecule has 1 unspecified atom stereocenters. The van der Waals surface area contributed by atoms with E-state index in [1.807, 2.05) is 30.3 Å². The van der Waals surface area contributed by atoms with Crippen LogP contribution >= 0.6 is 11.5 Å². The number of hydrogen-bond acceptors (Lipinski definition) is 7. The number of nitrogens with one attached hydrogen (secondary N) is 1. The number of carbonyl (C=O) groups excluding carboxylic acids is 2. The first-order chi connectivity index (χ1) is 16.1. The molecule has 0 aliphatic rings. The van der Waals surface area contributed by atoms with E-state index in [1.165, 1.54) is 19.1 Å². The van der Waals surface area contributed by atoms with Crippen LogP contribution in [0.3, 0.4) is 0 Å². The van der Waals surface area contributed by atoms with E-state index in [0.29, 0.717) is 30.0 Å². The van der Waals surface area contributed by atoms with E-state index in [4.69, 9.17) is 9.47 Å². The summed E-state index contributed by atoms with van der Waals surface area (Å²) in [5, 5.41) is 8.40. The number of hydrogen-bond donors (Lipinski definition) is 1. The largest absolute Gasteiger partial charge is 0.493 e. The Balaban J connectivity index is 1.97. The highest BCUT2D eigenvalue weighted by Gasteiger charge is 2.35. The van der Waals surface area contributed by atoms with Crippen molar-refractivity contribution in [2.24, 2.45) is 0 Å². The van der Waals surface area contributed by atoms with E-state index in [1.54, 1.807) is 29.7 Å². The summed E-state index contributed by atoms with van der Waals surface area (Å²) >= 11 is 1.06. The number of aromatic nitrogens is 2. The summed E-state index contributed by atoms with van der Waals surface area (Å²) < 4.78 is 14.8. The number of ether oxygens (including phenoxy) is 2. The van der Waals surface area contributed by atoms with Gasteiger partial charge in [0.25, 0.3) is 5.91 Å². The molecule has 1 atom stereocenters. The van der Waals surface area contributed by atoms with Crippen LogP contribution < -0.4 is 14.8 Å². The lowest BCUT2D eigenvalue weighted by atomic mass is 10.0. The fraction of sp³-hybridized carbons (Fsp3) is 0.250. The average Bonchev–Trinajstić information content (AvgIpc) is 3.39. The van der Waals surface area contributed by atoms with Crippen LogP contribution in [0.15, 0.2) is 66.6 Å². The van der Waals surface area contributed by atoms with Gasteiger partial charge in [-0.05, 0) is 29.6 Å². The van der Waals surface area contributed by atoms with Crippen molar-refractivity contribution < 1.29 is 19.1 Å². The number of amides is 2. The van der Waals surface area contributed by atoms with Gasteiger partial charge in [0.2, 0.25) is 5.91 Å². The van der Waals surface area contributed by atoms with Crippen molar-refractivity contribution in [1.29, 1.82) is 0 Å². The first-order valence-corrected chi connectivity index (χ1v) is 11.2. The molecule has 0 radical (unpaired) electrons. The molecular weight excluding hydrogens is 440 g/mol. The van der Waals surface area contributed by atoms with E-state index in [0.717, 1.165) is 17.1 Å². The number of para-hydroxylation sites is 1. The fourth-order valence-electron chi connectivity index (χ4n) is 3.50. The topological polar surface area (TPSA) is 93.7 Å². The molecule has 2 amide bonds. The van der Waals surface area contributed by atoms with E-state index < -0.39 is 11.9 Å². The predicted octanol–water partition coefficient (Wildman–Crippen LogP) is 3.28. The number of carbonyl (C=O) groups is 2. The SMILES string of the molecule is C=CCN(C(=O)c1csnn1)C(C(=O)NCCc1ccccc1)c1cccc(OC)c1OC. The summed E-state index contributed by atoms with van der Waals surface area (Å²) in [5.41, 5.74) is 1.75. The van der Waals surface area contributed by atoms with E-state index in [2.05, 4.69) is 21.5 Å². The smallest absolute Gasteiger partial charge is 0.276 e. The summed E-state index contributed by atoms with van der Waals surface area (Å²) in [4.78, 5) is 28.2. The van der Waals surface area contributed by atoms with Gasteiger partial charge in [0.1, 0.15) is 6.04 Å². The normalized spacial score (nSPS) is 11.3. The van der Waals surface area contributed by atoms with Crippen LogP contribution in [-0.4, -0.2) is 53.6 Å². The van der Waals surface area contributed by atoms with Gasteiger partial charge < -0.3 is 19.7 Å². The molecule has 0 spiro atoms. The van der Waals surface area contributed by atoms with Crippen molar-refractivity contribution in [3.63, 3.8) is 0 Å². The zero-order valence-corrected chi connectivity index (χ0v) is 19.4. The molecule has 0 saturated carbocycles. The first kappa shape index (κ1) is 23.9. The highest BCUT2D eigenvalue weighted by molar-refractivity contribution is 7.03. The van der Waals surface area contributed by atoms with Gasteiger partial charge in [-0.2, -0.15) is 0 Å². The second kappa shape index (κ2) is 11.8. The van der Waals surface area contributed by atoms with Crippen molar-refractivity contribution in [1.82, 2.24) is 19.8 Å². The van der Waals surface area contributed by atoms with Gasteiger partial charge in [-0.1, -0.05) is 53.0 Å². The molecular formula is C24H26N4O4S. The lowest BCUT2D eigenvalue weighted by Gasteiger charge is -2.31. The van der Waals surface area contributed by atoms with E-state index in [-0.39, 0.29) is 18.1 Å². The average molecular weight is 467 g/mol. The maximum Gasteiger partial charge on any atom is 0.276 e. The van der Waals surface area contributed by atoms with Crippen molar-refractivity contribution >= 4 is 23.3 Å². The molecule has 8 nitrogen and oxygen atoms in total. The third-order valence-corrected chi connectivity index (χ3v) is 5.51. The Kier molecular flexibility index (Phi) is 8.54. The maximum absolute atomic E-state index is 13.5. The highest BCUT2D eigenvalue weighted by atomic mass is 32.1. The molecule has 172 valence electrons. The number of rotatable bonds is 11. The standard InChI is InChI=1S/C24H26N4O4S/c1-4-15-28(24(30)19-16-33-27-26-19)21(18-11-8-12-20(31-2)22(18)32-3)23(29)25-14-13-17-9-6-5-7-10-17/h4-12,16,21H,1,13-15H2,2-3H3,(H,25,29). The van der Waals surface area contributed by atoms with Crippen LogP contribution in [-0.2, 0) is 11.2 Å². The monoisotopic (exact) mass is 466 g/mol. The molecule has 0 aliphatic carbocycles. The summed E-state index contributed by atoms with van der Waals surface area (Å²) in [5.74, 6) is 0.0486. The van der Waals surface area contributed by atoms with Crippen LogP contribution in [0.2, 0.25) is 0 Å². The molecule has 1 heterocycles. The Bertz CT molecular complexity index is 1070. The molecule has 1 N–H and O–H groups in total. The van der Waals surface area contributed by atoms with Crippen LogP contribution in [0.1, 0.15) is 27.7 Å². The molecule has 9 heteroatoms. The number of methoxy groups -OCH3 is 2. The Morgan fingerprint density at radius 2 is 1.94 bits per heavy atom. The Morgan fingerprint density at radius 1 is 1.15 bits per heavy atom. The van der Waals surface area contributed by atoms with E-state index >= 15 is 0 Å². The zero-order chi connectivity index (χ0) is 23.6. The Hall–Kier alpha value is -3.72. The molecule has 3 rings (SSSR count). The predicted molar refractivity (Wildman–Crippen MR) is 127 cm³/mol. The van der Waals surface area contributed by atoms with Crippen molar-refractivity contribution in [3.05, 3.63) is 83.4 Å². The molecule has 0 aliphatic heterocycles. The van der Waals surface area contributed by atoms with E-state index in [9.17, 15) is 9.59 Å². The van der Waals surface area contributed by atoms with Crippen LogP contribution in [0, 0.1) is 0 Å². The van der Waals surface area contributed by atoms with Crippen LogP contribution in [0.25, 0.3) is 0 Å². The second-order valence-corrected chi connectivity index (χ2v) is 7.66. The Labute approximate surface area is 197 Å². The van der Waals surface area contributed by atoms with Gasteiger partial charge in [0.05, 0.1) is 14.2 Å². The number of benzene rings is 2. The van der Waals surface area contributed by atoms with Crippen molar-refractivity contribution in [3.8, 4) is 11.5 Å². The minimum atomic E-state index is -1.00. The third kappa shape index (κ3) is 5.75. The molecule has 0 fully saturated rings. The van der Waals surface area contributed by atoms with Crippen LogP contribution in [0.5, 0.6) is 11.5 Å². The van der Waals surface area contributed by atoms with Gasteiger partial charge in [-0.15, -0.1) is 11.7 Å². The molecule has 33 heavy (non-hydrogen) atoms. The summed E-state index contributed by atoms with van der Waals surface area (Å²) in [6, 6.07) is 14.1. The molecule has 3 aromatic rings. The quantitative estimate of drug-likeness (QED) is 0.436. The summed E-state index contributed by atoms with van der Waals surface area (Å²) in [7, 11) is 3.01. The Morgan fingerprint density at radius 3 is 2.58 bits per heavy atom. The summed E-state index contributed by atoms with van der Waals surface area (Å²) in [6.07, 6.45) is 2.22. The molecule has 1 aromatic heterocycles. The van der Waals surface area contributed by atoms with Gasteiger partial charge in [0.15, 0.2) is 17.2 Å². The fourth-order valence-corrected chi connectivity index (χ4v) is 3.93. The van der Waals surface area contributed by atoms with Crippen molar-refractivity contribution in [2.75, 3.05) is 27.3 Å². The highest BCUT2D eigenvalue weighted by Crippen LogP contribution is 2.37. The second-order valence-electron chi connectivity index (χ2n) is 7.05. The third-order valence-electron chi connectivity index (χ3n) is 5.01. The maximum atomic E-state index is 13.5.